The minimum Gasteiger partial charge on any atom is -0.209 e. The molecule has 0 amide bonds. The van der Waals surface area contributed by atoms with E-state index in [1.165, 1.54) is 0 Å². The SMILES string of the molecule is C/C=C(F)/C(F)=C(F)\C(F)=C(/C)F. The first kappa shape index (κ1) is 11.9. The second kappa shape index (κ2) is 4.79. The lowest BCUT2D eigenvalue weighted by molar-refractivity contribution is 0.449. The topological polar surface area (TPSA) is 0 Å². The van der Waals surface area contributed by atoms with Crippen LogP contribution in [0, 0.1) is 0 Å². The van der Waals surface area contributed by atoms with E-state index < -0.39 is 29.1 Å². The van der Waals surface area contributed by atoms with Crippen LogP contribution in [-0.2, 0) is 0 Å². The van der Waals surface area contributed by atoms with Gasteiger partial charge in [0.05, 0.1) is 0 Å². The molecular formula is C8H7F5. The number of halogens is 5. The fourth-order valence-corrected chi connectivity index (χ4v) is 0.479. The molecule has 0 aromatic heterocycles. The molecular weight excluding hydrogens is 191 g/mol. The van der Waals surface area contributed by atoms with Gasteiger partial charge in [-0.25, -0.2) is 22.0 Å². The van der Waals surface area contributed by atoms with Crippen molar-refractivity contribution in [2.24, 2.45) is 0 Å². The number of hydrogen-bond donors (Lipinski definition) is 0. The Morgan fingerprint density at radius 1 is 0.846 bits per heavy atom. The zero-order chi connectivity index (χ0) is 10.6. The second-order valence-corrected chi connectivity index (χ2v) is 2.11. The van der Waals surface area contributed by atoms with E-state index in [-0.39, 0.29) is 0 Å². The highest BCUT2D eigenvalue weighted by Crippen LogP contribution is 2.27. The summed E-state index contributed by atoms with van der Waals surface area (Å²) in [6, 6.07) is 0. The van der Waals surface area contributed by atoms with Crippen molar-refractivity contribution >= 4 is 0 Å². The Labute approximate surface area is 72.1 Å². The molecule has 0 unspecified atom stereocenters. The molecule has 13 heavy (non-hydrogen) atoms. The molecule has 0 aliphatic rings. The average molecular weight is 198 g/mol. The molecule has 74 valence electrons. The summed E-state index contributed by atoms with van der Waals surface area (Å²) >= 11 is 0. The highest BCUT2D eigenvalue weighted by molar-refractivity contribution is 5.31. The van der Waals surface area contributed by atoms with Gasteiger partial charge in [0.2, 0.25) is 0 Å². The minimum absolute atomic E-state index is 0.593. The fraction of sp³-hybridized carbons (Fsp3) is 0.250. The van der Waals surface area contributed by atoms with E-state index >= 15 is 0 Å². The summed E-state index contributed by atoms with van der Waals surface area (Å²) in [5.74, 6) is -9.37. The van der Waals surface area contributed by atoms with Gasteiger partial charge >= 0.3 is 0 Å². The van der Waals surface area contributed by atoms with E-state index in [1.54, 1.807) is 0 Å². The highest BCUT2D eigenvalue weighted by atomic mass is 19.2. The zero-order valence-corrected chi connectivity index (χ0v) is 6.97. The number of hydrogen-bond acceptors (Lipinski definition) is 0. The number of allylic oxidation sites excluding steroid dienone is 6. The summed E-state index contributed by atoms with van der Waals surface area (Å²) < 4.78 is 61.4. The Bertz CT molecular complexity index is 281. The maximum Gasteiger partial charge on any atom is 0.200 e. The summed E-state index contributed by atoms with van der Waals surface area (Å²) in [6.07, 6.45) is 0.593. The smallest absolute Gasteiger partial charge is 0.200 e. The largest absolute Gasteiger partial charge is 0.209 e. The van der Waals surface area contributed by atoms with Crippen molar-refractivity contribution in [1.82, 2.24) is 0 Å². The van der Waals surface area contributed by atoms with Gasteiger partial charge in [-0.3, -0.25) is 0 Å². The normalized spacial score (nSPS) is 16.7. The summed E-state index contributed by atoms with van der Waals surface area (Å²) in [7, 11) is 0. The molecule has 0 bridgehead atoms. The monoisotopic (exact) mass is 198 g/mol. The van der Waals surface area contributed by atoms with E-state index in [0.717, 1.165) is 6.92 Å². The first-order valence-corrected chi connectivity index (χ1v) is 3.31. The highest BCUT2D eigenvalue weighted by Gasteiger charge is 2.17. The van der Waals surface area contributed by atoms with Crippen molar-refractivity contribution in [1.29, 1.82) is 0 Å². The van der Waals surface area contributed by atoms with Crippen molar-refractivity contribution in [3.8, 4) is 0 Å². The van der Waals surface area contributed by atoms with E-state index in [2.05, 4.69) is 0 Å². The molecule has 0 spiro atoms. The van der Waals surface area contributed by atoms with E-state index in [1.807, 2.05) is 0 Å². The lowest BCUT2D eigenvalue weighted by Crippen LogP contribution is -1.85. The van der Waals surface area contributed by atoms with Crippen molar-refractivity contribution < 1.29 is 22.0 Å². The molecule has 0 saturated carbocycles. The summed E-state index contributed by atoms with van der Waals surface area (Å²) in [4.78, 5) is 0. The predicted molar refractivity (Wildman–Crippen MR) is 39.0 cm³/mol. The standard InChI is InChI=1S/C8H7F5/c1-3-5(10)7(12)8(13)6(11)4(2)9/h3H,1-2H3/b5-3-,6-4-,8-7-. The Morgan fingerprint density at radius 2 is 1.31 bits per heavy atom. The molecule has 0 N–H and O–H groups in total. The molecule has 0 heterocycles. The van der Waals surface area contributed by atoms with Crippen LogP contribution in [0.4, 0.5) is 22.0 Å². The van der Waals surface area contributed by atoms with Crippen molar-refractivity contribution in [2.75, 3.05) is 0 Å². The van der Waals surface area contributed by atoms with Gasteiger partial charge in [-0.15, -0.1) is 0 Å². The van der Waals surface area contributed by atoms with Gasteiger partial charge in [0.25, 0.3) is 0 Å². The molecule has 0 aromatic carbocycles. The van der Waals surface area contributed by atoms with Crippen LogP contribution in [0.2, 0.25) is 0 Å². The molecule has 5 heteroatoms. The van der Waals surface area contributed by atoms with Crippen molar-refractivity contribution in [3.05, 3.63) is 35.2 Å². The van der Waals surface area contributed by atoms with Gasteiger partial charge in [-0.05, 0) is 19.9 Å². The molecule has 0 atom stereocenters. The zero-order valence-electron chi connectivity index (χ0n) is 6.97. The lowest BCUT2D eigenvalue weighted by Gasteiger charge is -1.96. The molecule has 0 rings (SSSR count). The van der Waals surface area contributed by atoms with Gasteiger partial charge in [0.15, 0.2) is 23.3 Å². The Hall–Kier alpha value is -1.13. The van der Waals surface area contributed by atoms with Gasteiger partial charge in [-0.2, -0.15) is 0 Å². The van der Waals surface area contributed by atoms with Crippen LogP contribution in [0.3, 0.4) is 0 Å². The molecule has 0 aliphatic heterocycles. The second-order valence-electron chi connectivity index (χ2n) is 2.11. The van der Waals surface area contributed by atoms with Crippen molar-refractivity contribution in [3.63, 3.8) is 0 Å². The Kier molecular flexibility index (Phi) is 4.37. The number of rotatable bonds is 2. The lowest BCUT2D eigenvalue weighted by atomic mass is 10.3. The first-order valence-electron chi connectivity index (χ1n) is 3.31. The van der Waals surface area contributed by atoms with Gasteiger partial charge in [0, 0.05) is 0 Å². The molecule has 0 aliphatic carbocycles. The van der Waals surface area contributed by atoms with E-state index in [4.69, 9.17) is 0 Å². The third-order valence-corrected chi connectivity index (χ3v) is 1.15. The van der Waals surface area contributed by atoms with Gasteiger partial charge < -0.3 is 0 Å². The molecule has 0 nitrogen and oxygen atoms in total. The molecule has 0 fully saturated rings. The average Bonchev–Trinajstić information content (AvgIpc) is 2.12. The molecule has 0 aromatic rings. The molecule has 0 radical (unpaired) electrons. The van der Waals surface area contributed by atoms with Crippen LogP contribution in [0.1, 0.15) is 13.8 Å². The minimum atomic E-state index is -2.17. The molecule has 0 saturated heterocycles. The Balaban J connectivity index is 5.17. The third-order valence-electron chi connectivity index (χ3n) is 1.15. The Morgan fingerprint density at radius 3 is 1.62 bits per heavy atom. The van der Waals surface area contributed by atoms with Gasteiger partial charge in [0.1, 0.15) is 5.83 Å². The van der Waals surface area contributed by atoms with Crippen LogP contribution in [0.15, 0.2) is 35.2 Å². The third kappa shape index (κ3) is 3.01. The van der Waals surface area contributed by atoms with Crippen molar-refractivity contribution in [2.45, 2.75) is 13.8 Å². The van der Waals surface area contributed by atoms with Crippen LogP contribution < -0.4 is 0 Å². The van der Waals surface area contributed by atoms with Crippen LogP contribution in [0.25, 0.3) is 0 Å². The van der Waals surface area contributed by atoms with Crippen LogP contribution in [-0.4, -0.2) is 0 Å². The summed E-state index contributed by atoms with van der Waals surface area (Å²) in [5, 5.41) is 0. The fourth-order valence-electron chi connectivity index (χ4n) is 0.479. The van der Waals surface area contributed by atoms with Crippen LogP contribution in [0.5, 0.6) is 0 Å². The maximum absolute atomic E-state index is 12.4. The first-order chi connectivity index (χ1) is 5.91. The quantitative estimate of drug-likeness (QED) is 0.461. The predicted octanol–water partition coefficient (Wildman–Crippen LogP) is 4.18. The van der Waals surface area contributed by atoms with Crippen LogP contribution >= 0.6 is 0 Å². The maximum atomic E-state index is 12.4. The summed E-state index contributed by atoms with van der Waals surface area (Å²) in [6.45, 7) is 1.68. The van der Waals surface area contributed by atoms with E-state index in [0.29, 0.717) is 13.0 Å². The van der Waals surface area contributed by atoms with E-state index in [9.17, 15) is 22.0 Å². The van der Waals surface area contributed by atoms with Gasteiger partial charge in [-0.1, -0.05) is 0 Å². The summed E-state index contributed by atoms with van der Waals surface area (Å²) in [5.41, 5.74) is 0.